The third kappa shape index (κ3) is 2.07. The van der Waals surface area contributed by atoms with Gasteiger partial charge in [0, 0.05) is 0 Å². The first-order chi connectivity index (χ1) is 18.8. The average molecular weight is 495 g/mol. The van der Waals surface area contributed by atoms with Crippen LogP contribution in [0.5, 0.6) is 0 Å². The molecule has 38 heavy (non-hydrogen) atoms. The summed E-state index contributed by atoms with van der Waals surface area (Å²) < 4.78 is 0. The van der Waals surface area contributed by atoms with Crippen molar-refractivity contribution in [2.24, 2.45) is 0 Å². The molecule has 2 bridgehead atoms. The predicted octanol–water partition coefficient (Wildman–Crippen LogP) is 4.04. The van der Waals surface area contributed by atoms with Crippen LogP contribution in [0.4, 0.5) is 22.7 Å². The molecule has 0 spiro atoms. The van der Waals surface area contributed by atoms with E-state index in [0.29, 0.717) is 0 Å². The van der Waals surface area contributed by atoms with Gasteiger partial charge in [-0.15, -0.1) is 0 Å². The van der Waals surface area contributed by atoms with E-state index in [4.69, 9.17) is 0 Å². The molecular formula is C30H21B5N2P-. The zero-order chi connectivity index (χ0) is 24.7. The van der Waals surface area contributed by atoms with Crippen LogP contribution in [-0.2, 0) is 0 Å². The quantitative estimate of drug-likeness (QED) is 0.294. The Morgan fingerprint density at radius 3 is 2.03 bits per heavy atom. The summed E-state index contributed by atoms with van der Waals surface area (Å²) in [5.41, 5.74) is 12.4. The summed E-state index contributed by atoms with van der Waals surface area (Å²) >= 11 is 0. The second kappa shape index (κ2) is 6.53. The maximum absolute atomic E-state index is 4.25. The SMILES string of the molecule is [B-]1B2B3B1P23(Nc1ccccc1)c1cc2c3c(c1)N(c1ccccc1)c1ccccc1B3c1ccccc1-2. The van der Waals surface area contributed by atoms with Crippen LogP contribution < -0.4 is 31.7 Å². The molecule has 6 heterocycles. The fourth-order valence-corrected chi connectivity index (χ4v) is 16.5. The number of anilines is 4. The number of hydrogen-bond donors (Lipinski definition) is 1. The van der Waals surface area contributed by atoms with Gasteiger partial charge in [0.1, 0.15) is 0 Å². The van der Waals surface area contributed by atoms with Crippen LogP contribution in [0.3, 0.4) is 0 Å². The molecule has 172 valence electrons. The molecule has 0 saturated carbocycles. The zero-order valence-corrected chi connectivity index (χ0v) is 21.7. The van der Waals surface area contributed by atoms with Crippen molar-refractivity contribution in [1.82, 2.24) is 0 Å². The summed E-state index contributed by atoms with van der Waals surface area (Å²) in [7, 11) is 2.62. The molecule has 5 aromatic carbocycles. The molecular weight excluding hydrogens is 473 g/mol. The molecule has 4 fully saturated rings. The van der Waals surface area contributed by atoms with Crippen molar-refractivity contribution in [1.29, 1.82) is 0 Å². The number of benzene rings is 5. The molecule has 8 heteroatoms. The molecule has 1 N–H and O–H groups in total. The molecule has 0 atom stereocenters. The third-order valence-electron chi connectivity index (χ3n) is 10.3. The fourth-order valence-electron chi connectivity index (χ4n) is 8.53. The van der Waals surface area contributed by atoms with Gasteiger partial charge in [-0.05, 0) is 0 Å². The Labute approximate surface area is 225 Å². The number of nitrogens with one attached hydrogen (secondary N) is 1. The standard InChI is InChI=1S/C30H21B5N2P/c1-3-11-21(12-4-1)36-38(33-31-34(38)35(33)38)23-19-25-24-15-7-8-16-26(24)32-27-17-9-10-18-28(27)37(29(20-23)30(25)32)22-13-5-2-6-14-22/h1-20,36H/q-1. The molecule has 11 rings (SSSR count). The van der Waals surface area contributed by atoms with Gasteiger partial charge in [0.05, 0.1) is 0 Å². The second-order valence-corrected chi connectivity index (χ2v) is 16.8. The topological polar surface area (TPSA) is 15.3 Å². The molecule has 5 aromatic rings. The van der Waals surface area contributed by atoms with Crippen LogP contribution >= 0.6 is 6.39 Å². The molecule has 6 aliphatic heterocycles. The molecule has 4 saturated heterocycles. The number of para-hydroxylation sites is 3. The van der Waals surface area contributed by atoms with E-state index in [2.05, 4.69) is 138 Å². The van der Waals surface area contributed by atoms with Gasteiger partial charge in [-0.2, -0.15) is 0 Å². The molecule has 2 nitrogen and oxygen atoms in total. The minimum atomic E-state index is -2.18. The van der Waals surface area contributed by atoms with Gasteiger partial charge in [-0.25, -0.2) is 0 Å². The molecule has 0 aliphatic carbocycles. The third-order valence-corrected chi connectivity index (χ3v) is 17.3. The number of nitrogens with zero attached hydrogens (tertiary/aromatic N) is 1. The molecule has 2 radical (unpaired) electrons. The van der Waals surface area contributed by atoms with E-state index in [-0.39, 0.29) is 6.71 Å². The molecule has 0 aromatic heterocycles. The Morgan fingerprint density at radius 1 is 0.632 bits per heavy atom. The summed E-state index contributed by atoms with van der Waals surface area (Å²) in [4.78, 5) is 2.54. The Hall–Kier alpha value is -3.55. The van der Waals surface area contributed by atoms with Gasteiger partial charge in [0.25, 0.3) is 0 Å². The maximum atomic E-state index is 4.25. The molecule has 0 amide bonds. The summed E-state index contributed by atoms with van der Waals surface area (Å²) in [6.07, 6.45) is 0.179. The minimum absolute atomic E-state index is 0.285. The first-order valence-corrected chi connectivity index (χ1v) is 16.2. The summed E-state index contributed by atoms with van der Waals surface area (Å²) in [5, 5.41) is 5.84. The van der Waals surface area contributed by atoms with Gasteiger partial charge in [0.15, 0.2) is 0 Å². The van der Waals surface area contributed by atoms with Crippen LogP contribution in [0.25, 0.3) is 11.1 Å². The molecule has 0 unspecified atom stereocenters. The van der Waals surface area contributed by atoms with E-state index in [9.17, 15) is 0 Å². The Morgan fingerprint density at radius 2 is 1.29 bits per heavy atom. The van der Waals surface area contributed by atoms with E-state index in [1.165, 1.54) is 50.3 Å². The van der Waals surface area contributed by atoms with Gasteiger partial charge in [-0.1, -0.05) is 0 Å². The predicted molar refractivity (Wildman–Crippen MR) is 171 cm³/mol. The van der Waals surface area contributed by atoms with Crippen molar-refractivity contribution in [3.8, 4) is 11.1 Å². The normalized spacial score (nSPS) is 19.8. The van der Waals surface area contributed by atoms with Crippen molar-refractivity contribution in [2.75, 3.05) is 9.99 Å². The van der Waals surface area contributed by atoms with E-state index >= 15 is 0 Å². The number of fused-ring (bicyclic) bond motifs is 5. The Balaban J connectivity index is 1.27. The van der Waals surface area contributed by atoms with E-state index < -0.39 is 6.39 Å². The monoisotopic (exact) mass is 495 g/mol. The van der Waals surface area contributed by atoms with Crippen LogP contribution in [0.1, 0.15) is 0 Å². The Kier molecular flexibility index (Phi) is 3.51. The van der Waals surface area contributed by atoms with Crippen LogP contribution in [-0.4, -0.2) is 32.4 Å². The summed E-state index contributed by atoms with van der Waals surface area (Å²) in [6, 6.07) is 45.3. The van der Waals surface area contributed by atoms with Crippen LogP contribution in [0.2, 0.25) is 0 Å². The van der Waals surface area contributed by atoms with Crippen molar-refractivity contribution >= 4 is 83.2 Å². The van der Waals surface area contributed by atoms with Crippen LogP contribution in [0.15, 0.2) is 121 Å². The van der Waals surface area contributed by atoms with Crippen LogP contribution in [0, 0.1) is 0 Å². The second-order valence-electron chi connectivity index (χ2n) is 11.7. The van der Waals surface area contributed by atoms with Crippen molar-refractivity contribution in [3.63, 3.8) is 0 Å². The Bertz CT molecular complexity index is 1830. The van der Waals surface area contributed by atoms with Gasteiger partial charge in [-0.3, -0.25) is 0 Å². The fraction of sp³-hybridized carbons (Fsp3) is 0. The van der Waals surface area contributed by atoms with Gasteiger partial charge >= 0.3 is 226 Å². The average Bonchev–Trinajstić information content (AvgIpc) is 3.55. The van der Waals surface area contributed by atoms with Gasteiger partial charge in [0.2, 0.25) is 0 Å². The van der Waals surface area contributed by atoms with E-state index in [0.717, 1.165) is 18.6 Å². The zero-order valence-electron chi connectivity index (χ0n) is 20.8. The van der Waals surface area contributed by atoms with Crippen molar-refractivity contribution < 1.29 is 0 Å². The summed E-state index contributed by atoms with van der Waals surface area (Å²) in [5.74, 6) is 0. The van der Waals surface area contributed by atoms with E-state index in [1.807, 2.05) is 0 Å². The first-order valence-electron chi connectivity index (χ1n) is 13.7. The number of rotatable bonds is 4. The van der Waals surface area contributed by atoms with Crippen molar-refractivity contribution in [2.45, 2.75) is 0 Å². The van der Waals surface area contributed by atoms with E-state index in [1.54, 1.807) is 5.30 Å². The number of hydrogen-bond acceptors (Lipinski definition) is 2. The van der Waals surface area contributed by atoms with Gasteiger partial charge < -0.3 is 0 Å². The molecule has 6 aliphatic rings. The van der Waals surface area contributed by atoms with Crippen molar-refractivity contribution in [3.05, 3.63) is 121 Å². The summed E-state index contributed by atoms with van der Waals surface area (Å²) in [6.45, 7) is 0.285. The first kappa shape index (κ1) is 20.4.